The summed E-state index contributed by atoms with van der Waals surface area (Å²) < 4.78 is 0.670. The Morgan fingerprint density at radius 3 is 2.65 bits per heavy atom. The number of aromatic nitrogens is 1. The molecule has 4 heteroatoms. The Morgan fingerprint density at radius 2 is 2.00 bits per heavy atom. The van der Waals surface area contributed by atoms with Crippen LogP contribution in [-0.2, 0) is 6.54 Å². The molecule has 1 amide bonds. The van der Waals surface area contributed by atoms with Gasteiger partial charge in [-0.25, -0.2) is 4.98 Å². The lowest BCUT2D eigenvalue weighted by molar-refractivity contribution is 0.0779. The van der Waals surface area contributed by atoms with Gasteiger partial charge in [-0.2, -0.15) is 0 Å². The molecule has 0 N–H and O–H groups in total. The van der Waals surface area contributed by atoms with Crippen molar-refractivity contribution in [1.29, 1.82) is 0 Å². The van der Waals surface area contributed by atoms with Crippen molar-refractivity contribution in [1.82, 2.24) is 9.88 Å². The first-order chi connectivity index (χ1) is 9.47. The van der Waals surface area contributed by atoms with E-state index in [1.54, 1.807) is 24.1 Å². The van der Waals surface area contributed by atoms with Crippen molar-refractivity contribution in [3.63, 3.8) is 0 Å². The summed E-state index contributed by atoms with van der Waals surface area (Å²) >= 11 is 3.28. The van der Waals surface area contributed by atoms with Crippen LogP contribution in [0.3, 0.4) is 0 Å². The lowest BCUT2D eigenvalue weighted by atomic mass is 10.1. The number of carbonyl (C=O) groups is 1. The van der Waals surface area contributed by atoms with E-state index in [0.717, 1.165) is 5.56 Å². The Labute approximate surface area is 127 Å². The highest BCUT2D eigenvalue weighted by Crippen LogP contribution is 2.14. The molecular formula is C16H17BrN2O. The van der Waals surface area contributed by atoms with Crippen LogP contribution in [0.1, 0.15) is 27.2 Å². The fourth-order valence-electron chi connectivity index (χ4n) is 2.07. The number of hydrogen-bond donors (Lipinski definition) is 0. The first-order valence-electron chi connectivity index (χ1n) is 6.41. The van der Waals surface area contributed by atoms with Crippen LogP contribution < -0.4 is 0 Å². The largest absolute Gasteiger partial charge is 0.336 e. The molecule has 0 fully saturated rings. The Balaban J connectivity index is 2.15. The summed E-state index contributed by atoms with van der Waals surface area (Å²) in [6.07, 6.45) is 0. The minimum absolute atomic E-state index is 0.0775. The van der Waals surface area contributed by atoms with Gasteiger partial charge in [-0.3, -0.25) is 4.79 Å². The normalized spacial score (nSPS) is 10.4. The Kier molecular flexibility index (Phi) is 4.55. The highest BCUT2D eigenvalue weighted by Gasteiger charge is 2.14. The molecular weight excluding hydrogens is 316 g/mol. The standard InChI is InChI=1S/C16H17BrN2O/c1-11-7-8-13(12(2)9-11)10-19(3)16(20)14-5-4-6-15(17)18-14/h4-9H,10H2,1-3H3. The summed E-state index contributed by atoms with van der Waals surface area (Å²) in [6.45, 7) is 4.72. The molecule has 0 aliphatic carbocycles. The van der Waals surface area contributed by atoms with E-state index < -0.39 is 0 Å². The van der Waals surface area contributed by atoms with Gasteiger partial charge in [0.05, 0.1) is 0 Å². The minimum Gasteiger partial charge on any atom is -0.336 e. The zero-order valence-electron chi connectivity index (χ0n) is 11.9. The molecule has 104 valence electrons. The lowest BCUT2D eigenvalue weighted by Crippen LogP contribution is -2.27. The number of carbonyl (C=O) groups excluding carboxylic acids is 1. The molecule has 3 nitrogen and oxygen atoms in total. The molecule has 0 radical (unpaired) electrons. The van der Waals surface area contributed by atoms with Gasteiger partial charge in [0.1, 0.15) is 10.3 Å². The third-order valence-electron chi connectivity index (χ3n) is 3.19. The van der Waals surface area contributed by atoms with Crippen LogP contribution in [0, 0.1) is 13.8 Å². The third kappa shape index (κ3) is 3.45. The van der Waals surface area contributed by atoms with Crippen molar-refractivity contribution in [2.24, 2.45) is 0 Å². The second kappa shape index (κ2) is 6.18. The molecule has 2 aromatic rings. The molecule has 0 atom stereocenters. The molecule has 0 aliphatic heterocycles. The summed E-state index contributed by atoms with van der Waals surface area (Å²) in [5, 5.41) is 0. The molecule has 20 heavy (non-hydrogen) atoms. The summed E-state index contributed by atoms with van der Waals surface area (Å²) in [7, 11) is 1.80. The van der Waals surface area contributed by atoms with E-state index in [-0.39, 0.29) is 5.91 Å². The maximum Gasteiger partial charge on any atom is 0.272 e. The van der Waals surface area contributed by atoms with E-state index in [2.05, 4.69) is 53.0 Å². The first kappa shape index (κ1) is 14.7. The number of nitrogens with zero attached hydrogens (tertiary/aromatic N) is 2. The minimum atomic E-state index is -0.0775. The number of benzene rings is 1. The average molecular weight is 333 g/mol. The van der Waals surface area contributed by atoms with Gasteiger partial charge in [0.15, 0.2) is 0 Å². The molecule has 1 aromatic carbocycles. The Morgan fingerprint density at radius 1 is 1.25 bits per heavy atom. The Hall–Kier alpha value is -1.68. The van der Waals surface area contributed by atoms with Gasteiger partial charge in [0.2, 0.25) is 0 Å². The van der Waals surface area contributed by atoms with Gasteiger partial charge in [-0.1, -0.05) is 29.8 Å². The third-order valence-corrected chi connectivity index (χ3v) is 3.63. The maximum atomic E-state index is 12.3. The van der Waals surface area contributed by atoms with Crippen LogP contribution in [0.5, 0.6) is 0 Å². The van der Waals surface area contributed by atoms with Crippen LogP contribution in [-0.4, -0.2) is 22.8 Å². The molecule has 0 aliphatic rings. The fourth-order valence-corrected chi connectivity index (χ4v) is 2.42. The zero-order chi connectivity index (χ0) is 14.7. The molecule has 0 unspecified atom stereocenters. The van der Waals surface area contributed by atoms with Gasteiger partial charge in [0, 0.05) is 13.6 Å². The zero-order valence-corrected chi connectivity index (χ0v) is 13.4. The molecule has 0 bridgehead atoms. The van der Waals surface area contributed by atoms with Crippen LogP contribution in [0.2, 0.25) is 0 Å². The predicted octanol–water partition coefficient (Wildman–Crippen LogP) is 3.73. The number of rotatable bonds is 3. The van der Waals surface area contributed by atoms with E-state index in [9.17, 15) is 4.79 Å². The van der Waals surface area contributed by atoms with Gasteiger partial charge >= 0.3 is 0 Å². The lowest BCUT2D eigenvalue weighted by Gasteiger charge is -2.18. The van der Waals surface area contributed by atoms with Crippen molar-refractivity contribution < 1.29 is 4.79 Å². The highest BCUT2D eigenvalue weighted by molar-refractivity contribution is 9.10. The van der Waals surface area contributed by atoms with E-state index >= 15 is 0 Å². The van der Waals surface area contributed by atoms with Gasteiger partial charge < -0.3 is 4.90 Å². The van der Waals surface area contributed by atoms with Crippen LogP contribution in [0.15, 0.2) is 41.0 Å². The summed E-state index contributed by atoms with van der Waals surface area (Å²) in [6, 6.07) is 11.6. The molecule has 0 saturated heterocycles. The van der Waals surface area contributed by atoms with Crippen LogP contribution >= 0.6 is 15.9 Å². The average Bonchev–Trinajstić information content (AvgIpc) is 2.41. The molecule has 1 aromatic heterocycles. The fraction of sp³-hybridized carbons (Fsp3) is 0.250. The number of aryl methyl sites for hydroxylation is 2. The van der Waals surface area contributed by atoms with Crippen LogP contribution in [0.4, 0.5) is 0 Å². The Bertz CT molecular complexity index is 640. The van der Waals surface area contributed by atoms with Gasteiger partial charge in [-0.05, 0) is 53.0 Å². The molecule has 0 saturated carbocycles. The second-order valence-corrected chi connectivity index (χ2v) is 5.75. The number of amides is 1. The second-order valence-electron chi connectivity index (χ2n) is 4.94. The van der Waals surface area contributed by atoms with E-state index in [0.29, 0.717) is 16.8 Å². The predicted molar refractivity (Wildman–Crippen MR) is 83.7 cm³/mol. The SMILES string of the molecule is Cc1ccc(CN(C)C(=O)c2cccc(Br)n2)c(C)c1. The topological polar surface area (TPSA) is 33.2 Å². The van der Waals surface area contributed by atoms with Crippen LogP contribution in [0.25, 0.3) is 0 Å². The van der Waals surface area contributed by atoms with Crippen molar-refractivity contribution in [2.45, 2.75) is 20.4 Å². The summed E-state index contributed by atoms with van der Waals surface area (Å²) in [5.41, 5.74) is 4.04. The molecule has 2 rings (SSSR count). The number of halogens is 1. The smallest absolute Gasteiger partial charge is 0.272 e. The van der Waals surface area contributed by atoms with Gasteiger partial charge in [-0.15, -0.1) is 0 Å². The van der Waals surface area contributed by atoms with E-state index in [4.69, 9.17) is 0 Å². The van der Waals surface area contributed by atoms with Crippen molar-refractivity contribution >= 4 is 21.8 Å². The first-order valence-corrected chi connectivity index (χ1v) is 7.21. The van der Waals surface area contributed by atoms with E-state index in [1.807, 2.05) is 6.07 Å². The maximum absolute atomic E-state index is 12.3. The van der Waals surface area contributed by atoms with Crippen molar-refractivity contribution in [3.8, 4) is 0 Å². The summed E-state index contributed by atoms with van der Waals surface area (Å²) in [5.74, 6) is -0.0775. The number of hydrogen-bond acceptors (Lipinski definition) is 2. The van der Waals surface area contributed by atoms with E-state index in [1.165, 1.54) is 11.1 Å². The highest BCUT2D eigenvalue weighted by atomic mass is 79.9. The summed E-state index contributed by atoms with van der Waals surface area (Å²) in [4.78, 5) is 18.2. The van der Waals surface area contributed by atoms with Crippen molar-refractivity contribution in [2.75, 3.05) is 7.05 Å². The van der Waals surface area contributed by atoms with Crippen molar-refractivity contribution in [3.05, 3.63) is 63.4 Å². The van der Waals surface area contributed by atoms with Gasteiger partial charge in [0.25, 0.3) is 5.91 Å². The quantitative estimate of drug-likeness (QED) is 0.802. The monoisotopic (exact) mass is 332 g/mol. The molecule has 1 heterocycles. The number of pyridine rings is 1. The molecule has 0 spiro atoms.